The van der Waals surface area contributed by atoms with Gasteiger partial charge in [0, 0.05) is 4.90 Å². The van der Waals surface area contributed by atoms with Gasteiger partial charge in [0.05, 0.1) is 0 Å². The third kappa shape index (κ3) is 1.27. The first-order valence-corrected chi connectivity index (χ1v) is 3.55. The van der Waals surface area contributed by atoms with Gasteiger partial charge < -0.3 is 5.11 Å². The van der Waals surface area contributed by atoms with Crippen LogP contribution in [0.1, 0.15) is 11.1 Å². The van der Waals surface area contributed by atoms with E-state index >= 15 is 0 Å². The molecule has 2 heteroatoms. The first-order valence-electron chi connectivity index (χ1n) is 3.10. The summed E-state index contributed by atoms with van der Waals surface area (Å²) in [6.45, 7) is 3.84. The van der Waals surface area contributed by atoms with Crippen LogP contribution in [0.3, 0.4) is 0 Å². The molecule has 0 spiro atoms. The van der Waals surface area contributed by atoms with E-state index in [1.165, 1.54) is 0 Å². The molecule has 0 aliphatic rings. The second-order valence-corrected chi connectivity index (χ2v) is 2.91. The lowest BCUT2D eigenvalue weighted by Gasteiger charge is -2.02. The van der Waals surface area contributed by atoms with Crippen molar-refractivity contribution in [1.82, 2.24) is 0 Å². The third-order valence-electron chi connectivity index (χ3n) is 1.51. The molecule has 0 radical (unpaired) electrons. The van der Waals surface area contributed by atoms with Crippen molar-refractivity contribution in [2.75, 3.05) is 0 Å². The molecule has 10 heavy (non-hydrogen) atoms. The van der Waals surface area contributed by atoms with Gasteiger partial charge in [0.1, 0.15) is 5.75 Å². The van der Waals surface area contributed by atoms with Crippen LogP contribution in [-0.2, 0) is 0 Å². The smallest absolute Gasteiger partial charge is 0.119 e. The Labute approximate surface area is 66.1 Å². The summed E-state index contributed by atoms with van der Waals surface area (Å²) in [5.41, 5.74) is 1.99. The fraction of sp³-hybridized carbons (Fsp3) is 0.250. The molecule has 0 unspecified atom stereocenters. The molecule has 0 fully saturated rings. The zero-order valence-electron chi connectivity index (χ0n) is 6.05. The summed E-state index contributed by atoms with van der Waals surface area (Å²) >= 11 is 4.15. The van der Waals surface area contributed by atoms with E-state index in [0.29, 0.717) is 5.75 Å². The molecule has 0 amide bonds. The predicted molar refractivity (Wildman–Crippen MR) is 44.8 cm³/mol. The summed E-state index contributed by atoms with van der Waals surface area (Å²) in [6.07, 6.45) is 0. The molecule has 1 aromatic rings. The number of hydrogen-bond donors (Lipinski definition) is 2. The summed E-state index contributed by atoms with van der Waals surface area (Å²) in [5, 5.41) is 9.18. The lowest BCUT2D eigenvalue weighted by Crippen LogP contribution is -1.79. The van der Waals surface area contributed by atoms with Crippen molar-refractivity contribution in [3.05, 3.63) is 23.3 Å². The van der Waals surface area contributed by atoms with Crippen LogP contribution in [0.15, 0.2) is 17.0 Å². The van der Waals surface area contributed by atoms with Gasteiger partial charge in [-0.25, -0.2) is 0 Å². The fourth-order valence-electron chi connectivity index (χ4n) is 0.830. The Morgan fingerprint density at radius 1 is 1.20 bits per heavy atom. The van der Waals surface area contributed by atoms with E-state index in [0.717, 1.165) is 16.0 Å². The maximum absolute atomic E-state index is 9.18. The number of phenolic OH excluding ortho intramolecular Hbond substituents is 1. The first-order chi connectivity index (χ1) is 4.61. The van der Waals surface area contributed by atoms with Crippen LogP contribution in [0.25, 0.3) is 0 Å². The quantitative estimate of drug-likeness (QED) is 0.549. The molecule has 0 atom stereocenters. The van der Waals surface area contributed by atoms with Crippen LogP contribution in [0, 0.1) is 13.8 Å². The lowest BCUT2D eigenvalue weighted by molar-refractivity contribution is 0.469. The Morgan fingerprint density at radius 3 is 2.30 bits per heavy atom. The molecule has 0 aliphatic carbocycles. The van der Waals surface area contributed by atoms with E-state index in [1.807, 2.05) is 19.9 Å². The van der Waals surface area contributed by atoms with Crippen molar-refractivity contribution in [1.29, 1.82) is 0 Å². The number of phenols is 1. The Balaban J connectivity index is 3.28. The molecule has 0 heterocycles. The highest BCUT2D eigenvalue weighted by Gasteiger charge is 1.98. The highest BCUT2D eigenvalue weighted by molar-refractivity contribution is 7.80. The zero-order chi connectivity index (χ0) is 7.72. The maximum Gasteiger partial charge on any atom is 0.119 e. The van der Waals surface area contributed by atoms with E-state index in [-0.39, 0.29) is 0 Å². The summed E-state index contributed by atoms with van der Waals surface area (Å²) in [4.78, 5) is 0.836. The van der Waals surface area contributed by atoms with Gasteiger partial charge in [-0.05, 0) is 31.0 Å². The molecular weight excluding hydrogens is 144 g/mol. The van der Waals surface area contributed by atoms with Gasteiger partial charge in [-0.15, -0.1) is 12.6 Å². The average Bonchev–Trinajstić information content (AvgIpc) is 1.84. The number of hydrogen-bond acceptors (Lipinski definition) is 2. The van der Waals surface area contributed by atoms with Crippen molar-refractivity contribution in [2.45, 2.75) is 18.7 Å². The third-order valence-corrected chi connectivity index (χ3v) is 2.00. The second-order valence-electron chi connectivity index (χ2n) is 2.43. The number of thiol groups is 1. The van der Waals surface area contributed by atoms with Crippen molar-refractivity contribution in [2.24, 2.45) is 0 Å². The monoisotopic (exact) mass is 154 g/mol. The number of aryl methyl sites for hydroxylation is 2. The minimum Gasteiger partial charge on any atom is -0.508 e. The van der Waals surface area contributed by atoms with Gasteiger partial charge in [-0.3, -0.25) is 0 Å². The standard InChI is InChI=1S/C8H10OS/c1-5-3-6(2)8(10)4-7(5)9/h3-4,9-10H,1-2H3. The number of aromatic hydroxyl groups is 1. The van der Waals surface area contributed by atoms with Gasteiger partial charge in [-0.2, -0.15) is 0 Å². The maximum atomic E-state index is 9.18. The topological polar surface area (TPSA) is 20.2 Å². The van der Waals surface area contributed by atoms with Crippen molar-refractivity contribution < 1.29 is 5.11 Å². The molecule has 0 bridgehead atoms. The van der Waals surface area contributed by atoms with Crippen LogP contribution < -0.4 is 0 Å². The zero-order valence-corrected chi connectivity index (χ0v) is 6.94. The highest BCUT2D eigenvalue weighted by atomic mass is 32.1. The Bertz CT molecular complexity index is 205. The molecule has 0 aliphatic heterocycles. The summed E-state index contributed by atoms with van der Waals surface area (Å²) < 4.78 is 0. The van der Waals surface area contributed by atoms with Crippen molar-refractivity contribution >= 4 is 12.6 Å². The predicted octanol–water partition coefficient (Wildman–Crippen LogP) is 2.30. The lowest BCUT2D eigenvalue weighted by atomic mass is 10.1. The van der Waals surface area contributed by atoms with Crippen LogP contribution in [0.5, 0.6) is 5.75 Å². The summed E-state index contributed by atoms with van der Waals surface area (Å²) in [7, 11) is 0. The summed E-state index contributed by atoms with van der Waals surface area (Å²) in [6, 6.07) is 3.57. The number of rotatable bonds is 0. The molecule has 0 aromatic heterocycles. The van der Waals surface area contributed by atoms with Gasteiger partial charge in [0.2, 0.25) is 0 Å². The minimum absolute atomic E-state index is 0.315. The van der Waals surface area contributed by atoms with Gasteiger partial charge >= 0.3 is 0 Å². The van der Waals surface area contributed by atoms with E-state index < -0.39 is 0 Å². The van der Waals surface area contributed by atoms with Gasteiger partial charge in [0.25, 0.3) is 0 Å². The molecule has 0 saturated carbocycles. The highest BCUT2D eigenvalue weighted by Crippen LogP contribution is 2.23. The normalized spacial score (nSPS) is 9.90. The molecular formula is C8H10OS. The van der Waals surface area contributed by atoms with Crippen LogP contribution >= 0.6 is 12.6 Å². The van der Waals surface area contributed by atoms with Crippen LogP contribution in [-0.4, -0.2) is 5.11 Å². The molecule has 1 aromatic carbocycles. The first kappa shape index (κ1) is 7.48. The Hall–Kier alpha value is -0.630. The number of benzene rings is 1. The molecule has 0 saturated heterocycles. The SMILES string of the molecule is Cc1cc(C)c(S)cc1O. The van der Waals surface area contributed by atoms with Crippen LogP contribution in [0.4, 0.5) is 0 Å². The van der Waals surface area contributed by atoms with E-state index in [4.69, 9.17) is 0 Å². The molecule has 1 N–H and O–H groups in total. The average molecular weight is 154 g/mol. The van der Waals surface area contributed by atoms with Gasteiger partial charge in [-0.1, -0.05) is 6.07 Å². The summed E-state index contributed by atoms with van der Waals surface area (Å²) in [5.74, 6) is 0.315. The molecule has 1 nitrogen and oxygen atoms in total. The molecule has 1 rings (SSSR count). The fourth-order valence-corrected chi connectivity index (χ4v) is 1.02. The molecule has 54 valence electrons. The second kappa shape index (κ2) is 2.54. The van der Waals surface area contributed by atoms with E-state index in [2.05, 4.69) is 12.6 Å². The Kier molecular flexibility index (Phi) is 1.90. The largest absolute Gasteiger partial charge is 0.508 e. The van der Waals surface area contributed by atoms with Crippen LogP contribution in [0.2, 0.25) is 0 Å². The van der Waals surface area contributed by atoms with Gasteiger partial charge in [0.15, 0.2) is 0 Å². The van der Waals surface area contributed by atoms with Crippen molar-refractivity contribution in [3.8, 4) is 5.75 Å². The van der Waals surface area contributed by atoms with Crippen molar-refractivity contribution in [3.63, 3.8) is 0 Å². The Morgan fingerprint density at radius 2 is 1.80 bits per heavy atom. The van der Waals surface area contributed by atoms with E-state index in [9.17, 15) is 5.11 Å². The minimum atomic E-state index is 0.315. The van der Waals surface area contributed by atoms with E-state index in [1.54, 1.807) is 6.07 Å².